The molecule has 0 saturated heterocycles. The van der Waals surface area contributed by atoms with Gasteiger partial charge in [-0.3, -0.25) is 0 Å². The van der Waals surface area contributed by atoms with Crippen molar-refractivity contribution >= 4 is 46.7 Å². The van der Waals surface area contributed by atoms with Crippen molar-refractivity contribution in [1.29, 1.82) is 0 Å². The molecule has 0 N–H and O–H groups in total. The standard InChI is InChI=1S/C44H38/c1-3-13-31-27-33(23-21-29(31)11-1)35-25-26-42(37-16-6-5-15-36(35)37)44-40-19-9-7-17-38(40)43(39-18-8-10-20-41(39)44)34-24-22-30-12-2-4-14-32(30)28-34/h1-2,7,9,11-12,15-27,32H,3-6,8,10,13-14,28H2. The highest BCUT2D eigenvalue weighted by Crippen LogP contribution is 2.39. The quantitative estimate of drug-likeness (QED) is 0.233. The summed E-state index contributed by atoms with van der Waals surface area (Å²) >= 11 is 0. The molecule has 9 rings (SSSR count). The van der Waals surface area contributed by atoms with Crippen molar-refractivity contribution in [3.63, 3.8) is 0 Å². The van der Waals surface area contributed by atoms with Gasteiger partial charge in [0, 0.05) is 0 Å². The smallest absolute Gasteiger partial charge is 0.00236 e. The lowest BCUT2D eigenvalue weighted by atomic mass is 9.77. The molecule has 0 heteroatoms. The molecule has 4 aromatic rings. The summed E-state index contributed by atoms with van der Waals surface area (Å²) < 4.78 is 0. The Bertz CT molecular complexity index is 2250. The lowest BCUT2D eigenvalue weighted by Gasteiger charge is -2.27. The fourth-order valence-corrected chi connectivity index (χ4v) is 8.54. The fourth-order valence-electron chi connectivity index (χ4n) is 8.54. The summed E-state index contributed by atoms with van der Waals surface area (Å²) in [4.78, 5) is 0. The number of benzene rings is 4. The lowest BCUT2D eigenvalue weighted by Crippen LogP contribution is -2.37. The first-order valence-electron chi connectivity index (χ1n) is 16.8. The summed E-state index contributed by atoms with van der Waals surface area (Å²) in [6.45, 7) is 0. The Morgan fingerprint density at radius 2 is 1.27 bits per heavy atom. The first kappa shape index (κ1) is 26.0. The van der Waals surface area contributed by atoms with Gasteiger partial charge in [0.25, 0.3) is 0 Å². The van der Waals surface area contributed by atoms with Crippen molar-refractivity contribution in [3.05, 3.63) is 128 Å². The maximum atomic E-state index is 2.54. The lowest BCUT2D eigenvalue weighted by molar-refractivity contribution is 0.573. The topological polar surface area (TPSA) is 0 Å². The van der Waals surface area contributed by atoms with Crippen LogP contribution in [0.4, 0.5) is 0 Å². The number of hydrogen-bond acceptors (Lipinski definition) is 0. The minimum Gasteiger partial charge on any atom is -0.0842 e. The largest absolute Gasteiger partial charge is 0.0842 e. The van der Waals surface area contributed by atoms with Crippen molar-refractivity contribution in [2.45, 2.75) is 57.8 Å². The molecule has 0 nitrogen and oxygen atoms in total. The van der Waals surface area contributed by atoms with E-state index in [0.29, 0.717) is 5.92 Å². The Labute approximate surface area is 260 Å². The molecule has 0 radical (unpaired) electrons. The van der Waals surface area contributed by atoms with Crippen LogP contribution in [0, 0.1) is 5.92 Å². The Hall–Kier alpha value is -4.42. The maximum absolute atomic E-state index is 2.54. The van der Waals surface area contributed by atoms with Crippen LogP contribution in [-0.4, -0.2) is 0 Å². The Kier molecular flexibility index (Phi) is 6.29. The number of allylic oxidation sites excluding steroid dienone is 7. The third-order valence-corrected chi connectivity index (χ3v) is 10.6. The third-order valence-electron chi connectivity index (χ3n) is 10.6. The molecule has 44 heavy (non-hydrogen) atoms. The van der Waals surface area contributed by atoms with Gasteiger partial charge in [-0.2, -0.15) is 0 Å². The molecule has 5 aliphatic carbocycles. The fraction of sp³-hybridized carbons (Fsp3) is 0.227. The van der Waals surface area contributed by atoms with E-state index in [1.807, 2.05) is 0 Å². The summed E-state index contributed by atoms with van der Waals surface area (Å²) in [7, 11) is 0. The summed E-state index contributed by atoms with van der Waals surface area (Å²) in [5.74, 6) is 0.644. The minimum absolute atomic E-state index is 0.644. The van der Waals surface area contributed by atoms with Crippen LogP contribution in [-0.2, 0) is 6.42 Å². The highest BCUT2D eigenvalue weighted by molar-refractivity contribution is 6.04. The van der Waals surface area contributed by atoms with E-state index < -0.39 is 0 Å². The molecule has 0 saturated carbocycles. The highest BCUT2D eigenvalue weighted by Gasteiger charge is 2.24. The molecule has 0 amide bonds. The number of aryl methyl sites for hydroxylation is 1. The van der Waals surface area contributed by atoms with Crippen LogP contribution >= 0.6 is 0 Å². The number of hydrogen-bond donors (Lipinski definition) is 0. The summed E-state index contributed by atoms with van der Waals surface area (Å²) in [6, 6.07) is 21.2. The third kappa shape index (κ3) is 4.19. The van der Waals surface area contributed by atoms with Gasteiger partial charge in [-0.1, -0.05) is 115 Å². The van der Waals surface area contributed by atoms with Gasteiger partial charge >= 0.3 is 0 Å². The van der Waals surface area contributed by atoms with Gasteiger partial charge < -0.3 is 0 Å². The van der Waals surface area contributed by atoms with Crippen LogP contribution in [0.1, 0.15) is 68.1 Å². The van der Waals surface area contributed by atoms with E-state index in [4.69, 9.17) is 0 Å². The number of rotatable bonds is 3. The van der Waals surface area contributed by atoms with Gasteiger partial charge in [0.05, 0.1) is 0 Å². The molecular formula is C44H38. The first-order valence-corrected chi connectivity index (χ1v) is 16.8. The maximum Gasteiger partial charge on any atom is -0.00236 e. The highest BCUT2D eigenvalue weighted by atomic mass is 14.3. The molecule has 1 unspecified atom stereocenters. The van der Waals surface area contributed by atoms with Gasteiger partial charge in [-0.15, -0.1) is 0 Å². The van der Waals surface area contributed by atoms with Crippen molar-refractivity contribution in [3.8, 4) is 22.3 Å². The van der Waals surface area contributed by atoms with Crippen molar-refractivity contribution < 1.29 is 0 Å². The molecule has 214 valence electrons. The summed E-state index contributed by atoms with van der Waals surface area (Å²) in [5.41, 5.74) is 12.9. The Morgan fingerprint density at radius 1 is 0.568 bits per heavy atom. The van der Waals surface area contributed by atoms with E-state index in [0.717, 1.165) is 44.9 Å². The van der Waals surface area contributed by atoms with Gasteiger partial charge in [0.2, 0.25) is 0 Å². The summed E-state index contributed by atoms with van der Waals surface area (Å²) in [6.07, 6.45) is 34.5. The van der Waals surface area contributed by atoms with Crippen LogP contribution in [0.25, 0.3) is 69.0 Å². The second-order valence-corrected chi connectivity index (χ2v) is 13.2. The molecule has 0 fully saturated rings. The van der Waals surface area contributed by atoms with E-state index in [9.17, 15) is 0 Å². The average Bonchev–Trinajstić information content (AvgIpc) is 3.10. The normalized spacial score (nSPS) is 19.6. The van der Waals surface area contributed by atoms with Crippen molar-refractivity contribution in [1.82, 2.24) is 0 Å². The molecule has 1 atom stereocenters. The molecule has 0 spiro atoms. The zero-order valence-electron chi connectivity index (χ0n) is 25.4. The van der Waals surface area contributed by atoms with Gasteiger partial charge in [0.1, 0.15) is 0 Å². The average molecular weight is 567 g/mol. The second-order valence-electron chi connectivity index (χ2n) is 13.2. The van der Waals surface area contributed by atoms with Crippen LogP contribution in [0.3, 0.4) is 0 Å². The van der Waals surface area contributed by atoms with Gasteiger partial charge in [0.15, 0.2) is 0 Å². The van der Waals surface area contributed by atoms with E-state index in [-0.39, 0.29) is 0 Å². The molecule has 5 aliphatic rings. The zero-order valence-corrected chi connectivity index (χ0v) is 25.4. The summed E-state index contributed by atoms with van der Waals surface area (Å²) in [5, 5.41) is 8.53. The molecule has 0 aromatic heterocycles. The van der Waals surface area contributed by atoms with Crippen LogP contribution in [0.5, 0.6) is 0 Å². The van der Waals surface area contributed by atoms with Crippen LogP contribution < -0.4 is 20.9 Å². The van der Waals surface area contributed by atoms with Gasteiger partial charge in [-0.25, -0.2) is 0 Å². The van der Waals surface area contributed by atoms with E-state index in [1.165, 1.54) is 94.6 Å². The van der Waals surface area contributed by atoms with E-state index in [2.05, 4.69) is 115 Å². The molecule has 0 bridgehead atoms. The minimum atomic E-state index is 0.644. The SMILES string of the molecule is C1=Cc2ccc(-c3ccc(-c4c5c(c(C6=CC=C7C=CCCC7C6)c6ccccc46)=CCCC=5)c4c3=CCCC=4)cc2CC1. The Balaban J connectivity index is 1.29. The Morgan fingerprint density at radius 3 is 2.11 bits per heavy atom. The molecule has 0 aliphatic heterocycles. The second kappa shape index (κ2) is 10.6. The predicted octanol–water partition coefficient (Wildman–Crippen LogP) is 8.52. The van der Waals surface area contributed by atoms with E-state index >= 15 is 0 Å². The van der Waals surface area contributed by atoms with Crippen LogP contribution in [0.15, 0.2) is 90.6 Å². The monoisotopic (exact) mass is 566 g/mol. The van der Waals surface area contributed by atoms with Crippen molar-refractivity contribution in [2.24, 2.45) is 5.92 Å². The molecule has 4 aromatic carbocycles. The predicted molar refractivity (Wildman–Crippen MR) is 190 cm³/mol. The number of fused-ring (bicyclic) bond motifs is 5. The first-order chi connectivity index (χ1) is 21.8. The zero-order chi connectivity index (χ0) is 29.0. The molecular weight excluding hydrogens is 528 g/mol. The molecule has 0 heterocycles. The van der Waals surface area contributed by atoms with Crippen LogP contribution in [0.2, 0.25) is 0 Å². The van der Waals surface area contributed by atoms with Crippen molar-refractivity contribution in [2.75, 3.05) is 0 Å². The van der Waals surface area contributed by atoms with Gasteiger partial charge in [-0.05, 0) is 145 Å². The van der Waals surface area contributed by atoms with E-state index in [1.54, 1.807) is 0 Å².